The number of aromatic nitrogens is 1. The predicted octanol–water partition coefficient (Wildman–Crippen LogP) is 4.65. The zero-order valence-electron chi connectivity index (χ0n) is 12.7. The van der Waals surface area contributed by atoms with Crippen LogP contribution in [0.25, 0.3) is 11.1 Å². The third-order valence-electron chi connectivity index (χ3n) is 4.79. The molecule has 1 aliphatic heterocycles. The molecule has 1 aromatic carbocycles. The summed E-state index contributed by atoms with van der Waals surface area (Å²) in [6, 6.07) is 6.84. The lowest BCUT2D eigenvalue weighted by Crippen LogP contribution is -2.41. The number of nitrogens with one attached hydrogen (secondary N) is 1. The number of hydrogen-bond acceptors (Lipinski definition) is 4. The fraction of sp³-hybridized carbons (Fsp3) is 0.588. The van der Waals surface area contributed by atoms with Crippen LogP contribution in [0, 0.1) is 5.41 Å². The van der Waals surface area contributed by atoms with Crippen molar-refractivity contribution in [2.45, 2.75) is 45.1 Å². The van der Waals surface area contributed by atoms with Crippen molar-refractivity contribution in [3.8, 4) is 0 Å². The van der Waals surface area contributed by atoms with Gasteiger partial charge in [0.05, 0.1) is 0 Å². The number of nitrogens with zero attached hydrogens (tertiary/aromatic N) is 1. The van der Waals surface area contributed by atoms with E-state index in [2.05, 4.69) is 42.3 Å². The van der Waals surface area contributed by atoms with Crippen LogP contribution in [0.2, 0.25) is 0 Å². The molecule has 1 atom stereocenters. The van der Waals surface area contributed by atoms with Crippen LogP contribution in [-0.4, -0.2) is 22.5 Å². The normalized spacial score (nSPS) is 25.1. The molecule has 1 unspecified atom stereocenters. The van der Waals surface area contributed by atoms with Crippen molar-refractivity contribution in [2.24, 2.45) is 5.41 Å². The van der Waals surface area contributed by atoms with E-state index in [1.54, 1.807) is 0 Å². The molecule has 112 valence electrons. The topological polar surface area (TPSA) is 38.1 Å². The molecule has 1 saturated carbocycles. The lowest BCUT2D eigenvalue weighted by molar-refractivity contribution is 0.305. The number of rotatable bonds is 3. The van der Waals surface area contributed by atoms with Crippen LogP contribution in [-0.2, 0) is 0 Å². The zero-order chi connectivity index (χ0) is 14.4. The Morgan fingerprint density at radius 2 is 2.19 bits per heavy atom. The number of fused-ring (bicyclic) bond motifs is 1. The quantitative estimate of drug-likeness (QED) is 0.895. The Morgan fingerprint density at radius 3 is 2.95 bits per heavy atom. The van der Waals surface area contributed by atoms with Crippen molar-refractivity contribution in [1.82, 2.24) is 4.98 Å². The first-order valence-electron chi connectivity index (χ1n) is 7.87. The Hall–Kier alpha value is -1.16. The lowest BCUT2D eigenvalue weighted by Gasteiger charge is -2.39. The van der Waals surface area contributed by atoms with E-state index in [0.29, 0.717) is 17.4 Å². The van der Waals surface area contributed by atoms with Crippen LogP contribution in [0.5, 0.6) is 0 Å². The Kier molecular flexibility index (Phi) is 3.18. The van der Waals surface area contributed by atoms with Crippen LogP contribution >= 0.6 is 11.8 Å². The Morgan fingerprint density at radius 1 is 1.33 bits per heavy atom. The number of anilines is 1. The van der Waals surface area contributed by atoms with E-state index in [1.165, 1.54) is 36.5 Å². The molecule has 4 rings (SSSR count). The number of oxazole rings is 1. The van der Waals surface area contributed by atoms with Gasteiger partial charge >= 0.3 is 0 Å². The number of hydrogen-bond donors (Lipinski definition) is 1. The van der Waals surface area contributed by atoms with Crippen LogP contribution in [0.1, 0.15) is 44.9 Å². The van der Waals surface area contributed by atoms with Crippen molar-refractivity contribution in [2.75, 3.05) is 16.8 Å². The monoisotopic (exact) mass is 302 g/mol. The highest BCUT2D eigenvalue weighted by Crippen LogP contribution is 2.41. The molecule has 1 aliphatic carbocycles. The van der Waals surface area contributed by atoms with Gasteiger partial charge in [-0.2, -0.15) is 11.8 Å². The van der Waals surface area contributed by atoms with Gasteiger partial charge in [0.15, 0.2) is 11.5 Å². The standard InChI is InChI=1S/C17H22N2OS/c1-17(2)7-8-21-10-15(17)18-12-5-6-14-13(9-12)19-16(20-14)11-3-4-11/h5-6,9,11,15,18H,3-4,7-8,10H2,1-2H3. The summed E-state index contributed by atoms with van der Waals surface area (Å²) in [4.78, 5) is 4.65. The summed E-state index contributed by atoms with van der Waals surface area (Å²) >= 11 is 2.05. The third kappa shape index (κ3) is 2.66. The van der Waals surface area contributed by atoms with Gasteiger partial charge in [0, 0.05) is 23.4 Å². The first-order valence-corrected chi connectivity index (χ1v) is 9.02. The highest BCUT2D eigenvalue weighted by Gasteiger charge is 2.32. The number of thioether (sulfide) groups is 1. The molecule has 2 aliphatic rings. The van der Waals surface area contributed by atoms with Crippen molar-refractivity contribution in [3.63, 3.8) is 0 Å². The van der Waals surface area contributed by atoms with Gasteiger partial charge in [-0.15, -0.1) is 0 Å². The maximum Gasteiger partial charge on any atom is 0.198 e. The smallest absolute Gasteiger partial charge is 0.198 e. The molecule has 21 heavy (non-hydrogen) atoms. The number of benzene rings is 1. The average Bonchev–Trinajstić information content (AvgIpc) is 3.21. The molecule has 2 aromatic rings. The molecule has 3 nitrogen and oxygen atoms in total. The molecule has 1 aromatic heterocycles. The minimum Gasteiger partial charge on any atom is -0.440 e. The molecule has 1 N–H and O–H groups in total. The molecular weight excluding hydrogens is 280 g/mol. The first-order chi connectivity index (χ1) is 10.1. The largest absolute Gasteiger partial charge is 0.440 e. The minimum atomic E-state index is 0.350. The van der Waals surface area contributed by atoms with Crippen molar-refractivity contribution in [1.29, 1.82) is 0 Å². The van der Waals surface area contributed by atoms with Crippen molar-refractivity contribution in [3.05, 3.63) is 24.1 Å². The van der Waals surface area contributed by atoms with Crippen LogP contribution in [0.15, 0.2) is 22.6 Å². The maximum absolute atomic E-state index is 5.83. The molecule has 2 heterocycles. The first kappa shape index (κ1) is 13.5. The van der Waals surface area contributed by atoms with Gasteiger partial charge < -0.3 is 9.73 Å². The Labute approximate surface area is 129 Å². The van der Waals surface area contributed by atoms with Gasteiger partial charge in [-0.05, 0) is 48.6 Å². The summed E-state index contributed by atoms with van der Waals surface area (Å²) < 4.78 is 5.83. The van der Waals surface area contributed by atoms with Gasteiger partial charge in [-0.1, -0.05) is 13.8 Å². The maximum atomic E-state index is 5.83. The second kappa shape index (κ2) is 4.94. The van der Waals surface area contributed by atoms with E-state index in [-0.39, 0.29) is 0 Å². The second-order valence-corrected chi connectivity index (χ2v) is 8.17. The van der Waals surface area contributed by atoms with E-state index in [0.717, 1.165) is 17.0 Å². The van der Waals surface area contributed by atoms with E-state index in [1.807, 2.05) is 11.8 Å². The van der Waals surface area contributed by atoms with Crippen molar-refractivity contribution >= 4 is 28.5 Å². The predicted molar refractivity (Wildman–Crippen MR) is 89.1 cm³/mol. The molecule has 0 spiro atoms. The highest BCUT2D eigenvalue weighted by atomic mass is 32.2. The van der Waals surface area contributed by atoms with Crippen LogP contribution < -0.4 is 5.32 Å². The summed E-state index contributed by atoms with van der Waals surface area (Å²) in [7, 11) is 0. The molecule has 0 radical (unpaired) electrons. The summed E-state index contributed by atoms with van der Waals surface area (Å²) in [6.45, 7) is 4.73. The molecule has 0 bridgehead atoms. The van der Waals surface area contributed by atoms with Gasteiger partial charge in [-0.3, -0.25) is 0 Å². The summed E-state index contributed by atoms with van der Waals surface area (Å²) in [6.07, 6.45) is 3.73. The molecule has 1 saturated heterocycles. The summed E-state index contributed by atoms with van der Waals surface area (Å²) in [5, 5.41) is 3.71. The van der Waals surface area contributed by atoms with Gasteiger partial charge in [0.1, 0.15) is 5.52 Å². The molecule has 0 amide bonds. The van der Waals surface area contributed by atoms with E-state index < -0.39 is 0 Å². The van der Waals surface area contributed by atoms with Crippen molar-refractivity contribution < 1.29 is 4.42 Å². The Bertz CT molecular complexity index is 660. The fourth-order valence-electron chi connectivity index (χ4n) is 2.91. The van der Waals surface area contributed by atoms with Crippen LogP contribution in [0.4, 0.5) is 5.69 Å². The van der Waals surface area contributed by atoms with E-state index >= 15 is 0 Å². The average molecular weight is 302 g/mol. The third-order valence-corrected chi connectivity index (χ3v) is 5.85. The fourth-order valence-corrected chi connectivity index (χ4v) is 4.52. The zero-order valence-corrected chi connectivity index (χ0v) is 13.5. The highest BCUT2D eigenvalue weighted by molar-refractivity contribution is 7.99. The Balaban J connectivity index is 1.58. The second-order valence-electron chi connectivity index (χ2n) is 7.02. The molecular formula is C17H22N2OS. The summed E-state index contributed by atoms with van der Waals surface area (Å²) in [5.41, 5.74) is 3.42. The van der Waals surface area contributed by atoms with E-state index in [9.17, 15) is 0 Å². The van der Waals surface area contributed by atoms with Gasteiger partial charge in [0.25, 0.3) is 0 Å². The summed E-state index contributed by atoms with van der Waals surface area (Å²) in [5.74, 6) is 3.95. The molecule has 2 fully saturated rings. The SMILES string of the molecule is CC1(C)CCSCC1Nc1ccc2oc(C3CC3)nc2c1. The van der Waals surface area contributed by atoms with Gasteiger partial charge in [0.2, 0.25) is 0 Å². The van der Waals surface area contributed by atoms with Crippen LogP contribution in [0.3, 0.4) is 0 Å². The molecule has 4 heteroatoms. The minimum absolute atomic E-state index is 0.350. The van der Waals surface area contributed by atoms with E-state index in [4.69, 9.17) is 4.42 Å². The lowest BCUT2D eigenvalue weighted by atomic mass is 9.82. The van der Waals surface area contributed by atoms with Gasteiger partial charge in [-0.25, -0.2) is 4.98 Å².